The maximum Gasteiger partial charge on any atom is 0.253 e. The van der Waals surface area contributed by atoms with Crippen molar-refractivity contribution in [3.63, 3.8) is 0 Å². The Morgan fingerprint density at radius 1 is 0.427 bits per heavy atom. The van der Waals surface area contributed by atoms with Crippen molar-refractivity contribution in [2.75, 3.05) is 13.2 Å². The number of carbonyl (C=O) groups excluding carboxylic acids is 4. The van der Waals surface area contributed by atoms with Crippen molar-refractivity contribution < 1.29 is 42.2 Å². The molecule has 1 saturated carbocycles. The first-order chi connectivity index (χ1) is 52.7. The third-order valence-corrected chi connectivity index (χ3v) is 22.3. The predicted octanol–water partition coefficient (Wildman–Crippen LogP) is 14.5. The number of nitrogens with zero attached hydrogens (tertiary/aromatic N) is 5. The van der Waals surface area contributed by atoms with E-state index in [1.807, 2.05) is 118 Å². The average Bonchev–Trinajstić information content (AvgIpc) is 0.800. The number of pyridine rings is 5. The van der Waals surface area contributed by atoms with Crippen LogP contribution in [0.25, 0.3) is 44.5 Å². The highest BCUT2D eigenvalue weighted by molar-refractivity contribution is 5.87. The number of alkyl halides is 2. The largest absolute Gasteiger partial charge is 0.489 e. The molecule has 0 N–H and O–H groups in total. The van der Waals surface area contributed by atoms with Crippen LogP contribution in [0.15, 0.2) is 171 Å². The molecule has 16 rings (SSSR count). The number of carbonyl (C=O) groups is 4. The monoisotopic (exact) mass is 1480 g/mol. The molecule has 0 atom stereocenters. The second kappa shape index (κ2) is 33.7. The third-order valence-electron chi connectivity index (χ3n) is 22.3. The quantitative estimate of drug-likeness (QED) is 0.100. The van der Waals surface area contributed by atoms with Crippen molar-refractivity contribution in [2.45, 2.75) is 169 Å². The van der Waals surface area contributed by atoms with Gasteiger partial charge >= 0.3 is 0 Å². The first-order valence-electron chi connectivity index (χ1n) is 38.3. The summed E-state index contributed by atoms with van der Waals surface area (Å²) in [6, 6.07) is 40.4. The molecule has 5 aliphatic carbocycles. The maximum absolute atomic E-state index is 13.1. The summed E-state index contributed by atoms with van der Waals surface area (Å²) < 4.78 is 49.8. The van der Waals surface area contributed by atoms with E-state index in [-0.39, 0.29) is 53.3 Å². The van der Waals surface area contributed by atoms with Crippen LogP contribution in [-0.2, 0) is 134 Å². The Morgan fingerprint density at radius 2 is 0.791 bits per heavy atom. The number of hydrogen-bond donors (Lipinski definition) is 0. The molecule has 0 bridgehead atoms. The average molecular weight is 1480 g/mol. The van der Waals surface area contributed by atoms with E-state index in [2.05, 4.69) is 47.4 Å². The van der Waals surface area contributed by atoms with Crippen molar-refractivity contribution in [3.05, 3.63) is 288 Å². The number of hydrogen-bond acceptors (Lipinski definition) is 12. The predicted molar refractivity (Wildman–Crippen MR) is 423 cm³/mol. The Labute approximate surface area is 639 Å². The van der Waals surface area contributed by atoms with Crippen LogP contribution in [0.5, 0.6) is 5.75 Å². The molecule has 1 saturated heterocycles. The van der Waals surface area contributed by atoms with Gasteiger partial charge in [-0.2, -0.15) is 0 Å². The SMILES string of the molecule is Cc1cc(-c2cc3c(c(CC4CCOCC4)c2)CC(=O)CC3)cn(C)c1=O.Cc1cc(-c2cc3c(c(COC4CC(F)(F)C4)c2)CC(=O)CC3)cn(C)c1=O.Cc1cc(-c2cc3c(c(COc4ccccc4)c2)CC(=O)CC3)cn(C)c1=O.Cc1cc(-c2cc3c(c(Cc4ccccn4)c2)CC(=O)CC3)cn(C)c1=O. The van der Waals surface area contributed by atoms with E-state index in [0.29, 0.717) is 93.9 Å². The van der Waals surface area contributed by atoms with Gasteiger partial charge in [-0.3, -0.25) is 43.3 Å². The molecule has 0 amide bonds. The Bertz CT molecular complexity index is 5360. The number of aryl methyl sites for hydroxylation is 12. The van der Waals surface area contributed by atoms with E-state index >= 15 is 0 Å². The number of halogens is 2. The molecule has 16 nitrogen and oxygen atoms in total. The van der Waals surface area contributed by atoms with Gasteiger partial charge in [0.1, 0.15) is 35.5 Å². The number of Topliss-reactive ketones (excluding diaryl/α,β-unsaturated/α-hetero) is 4. The Kier molecular flexibility index (Phi) is 23.7. The van der Waals surface area contributed by atoms with Crippen molar-refractivity contribution in [1.29, 1.82) is 0 Å². The second-order valence-electron chi connectivity index (χ2n) is 30.8. The summed E-state index contributed by atoms with van der Waals surface area (Å²) in [5.74, 6) is -0.0710. The van der Waals surface area contributed by atoms with Gasteiger partial charge in [-0.1, -0.05) is 60.7 Å². The molecule has 10 aromatic rings. The normalized spacial score (nSPS) is 15.8. The van der Waals surface area contributed by atoms with Gasteiger partial charge < -0.3 is 32.5 Å². The van der Waals surface area contributed by atoms with E-state index in [1.165, 1.54) is 27.8 Å². The van der Waals surface area contributed by atoms with Gasteiger partial charge in [0.25, 0.3) is 28.2 Å². The molecule has 2 fully saturated rings. The van der Waals surface area contributed by atoms with Crippen molar-refractivity contribution >= 4 is 23.1 Å². The van der Waals surface area contributed by atoms with Crippen LogP contribution in [-0.4, -0.2) is 71.6 Å². The van der Waals surface area contributed by atoms with Crippen molar-refractivity contribution in [1.82, 2.24) is 23.3 Å². The van der Waals surface area contributed by atoms with Gasteiger partial charge in [-0.25, -0.2) is 8.78 Å². The van der Waals surface area contributed by atoms with Crippen LogP contribution in [0.4, 0.5) is 8.78 Å². The summed E-state index contributed by atoms with van der Waals surface area (Å²) in [7, 11) is 7.08. The first kappa shape index (κ1) is 77.5. The Balaban J connectivity index is 0.000000129. The molecular weight excluding hydrogens is 1390 g/mol. The molecule has 568 valence electrons. The third kappa shape index (κ3) is 18.4. The minimum absolute atomic E-state index is 0.0138. The molecular formula is C92H95F2N5O11. The molecule has 18 heteroatoms. The molecule has 6 aliphatic rings. The smallest absolute Gasteiger partial charge is 0.253 e. The lowest BCUT2D eigenvalue weighted by atomic mass is 9.81. The Morgan fingerprint density at radius 3 is 1.17 bits per heavy atom. The second-order valence-corrected chi connectivity index (χ2v) is 30.8. The highest BCUT2D eigenvalue weighted by Crippen LogP contribution is 2.41. The number of ether oxygens (including phenoxy) is 3. The summed E-state index contributed by atoms with van der Waals surface area (Å²) in [6.45, 7) is 9.64. The fraction of sp³-hybridized carbons (Fsp3) is 0.359. The number of rotatable bonds is 14. The fourth-order valence-corrected chi connectivity index (χ4v) is 16.2. The highest BCUT2D eigenvalue weighted by Gasteiger charge is 2.46. The summed E-state index contributed by atoms with van der Waals surface area (Å²) in [5, 5.41) is 0. The van der Waals surface area contributed by atoms with Crippen LogP contribution in [0, 0.1) is 33.6 Å². The van der Waals surface area contributed by atoms with Crippen molar-refractivity contribution in [2.24, 2.45) is 34.1 Å². The first-order valence-corrected chi connectivity index (χ1v) is 38.3. The van der Waals surface area contributed by atoms with E-state index in [0.717, 1.165) is 163 Å². The van der Waals surface area contributed by atoms with Gasteiger partial charge in [-0.15, -0.1) is 0 Å². The van der Waals surface area contributed by atoms with Gasteiger partial charge in [0, 0.05) is 171 Å². The standard InChI is InChI=1S/C24H23NO3.C23H22N2O2.C23H27NO3.C22H23F2NO3/c1-16-10-19(14-25(2)24(16)27)18-11-17-8-9-21(26)13-23(17)20(12-18)15-28-22-6-4-3-5-7-22;1-15-9-19(14-25(2)23(15)27)17-10-16-6-7-21(26)13-22(16)18(11-17)12-20-5-3-4-8-24-20;1-15-9-20(14-24(2)23(15)26)18-11-17-3-4-21(25)13-22(17)19(12-18)10-16-5-7-27-8-6-16;1-13-5-16(11-25(2)21(13)27)15-6-14-3-4-18(26)8-20(14)17(7-15)12-28-19-9-22(23,24)10-19/h3-7,10-12,14H,8-9,13,15H2,1-2H3;3-5,8-11,14H,6-7,12-13H2,1-2H3;9,11-12,14,16H,3-8,10,13H2,1-2H3;5-7,11,19H,3-4,8-10,12H2,1-2H3. The summed E-state index contributed by atoms with van der Waals surface area (Å²) >= 11 is 0. The molecule has 0 spiro atoms. The minimum Gasteiger partial charge on any atom is -0.489 e. The number of aromatic nitrogens is 5. The number of ketones is 4. The molecule has 6 heterocycles. The van der Waals surface area contributed by atoms with Gasteiger partial charge in [0.2, 0.25) is 0 Å². The van der Waals surface area contributed by atoms with Crippen molar-refractivity contribution in [3.8, 4) is 50.3 Å². The van der Waals surface area contributed by atoms with Crippen LogP contribution in [0.2, 0.25) is 0 Å². The summed E-state index contributed by atoms with van der Waals surface area (Å²) in [5.41, 5.74) is 25.9. The summed E-state index contributed by atoms with van der Waals surface area (Å²) in [6.07, 6.45) is 19.5. The Hall–Kier alpha value is -10.7. The summed E-state index contributed by atoms with van der Waals surface area (Å²) in [4.78, 5) is 101. The zero-order chi connectivity index (χ0) is 77.7. The lowest BCUT2D eigenvalue weighted by Gasteiger charge is -2.35. The van der Waals surface area contributed by atoms with Crippen LogP contribution in [0.1, 0.15) is 146 Å². The van der Waals surface area contributed by atoms with Crippen LogP contribution < -0.4 is 27.0 Å². The number of benzene rings is 5. The molecule has 0 unspecified atom stereocenters. The van der Waals surface area contributed by atoms with Crippen LogP contribution >= 0.6 is 0 Å². The topological polar surface area (TPSA) is 197 Å². The zero-order valence-electron chi connectivity index (χ0n) is 64.1. The van der Waals surface area contributed by atoms with Gasteiger partial charge in [0.15, 0.2) is 0 Å². The lowest BCUT2D eigenvalue weighted by molar-refractivity contribution is -0.169. The highest BCUT2D eigenvalue weighted by atomic mass is 19.3. The zero-order valence-corrected chi connectivity index (χ0v) is 64.1. The van der Waals surface area contributed by atoms with E-state index in [1.54, 1.807) is 65.8 Å². The van der Waals surface area contributed by atoms with Gasteiger partial charge in [0.05, 0.1) is 12.7 Å². The van der Waals surface area contributed by atoms with E-state index in [4.69, 9.17) is 14.2 Å². The van der Waals surface area contributed by atoms with E-state index in [9.17, 15) is 47.1 Å². The maximum atomic E-state index is 13.1. The lowest BCUT2D eigenvalue weighted by Crippen LogP contribution is -2.41. The molecule has 0 radical (unpaired) electrons. The fourth-order valence-electron chi connectivity index (χ4n) is 16.2. The van der Waals surface area contributed by atoms with Crippen LogP contribution in [0.3, 0.4) is 0 Å². The molecule has 110 heavy (non-hydrogen) atoms. The molecule has 1 aliphatic heterocycles. The van der Waals surface area contributed by atoms with Gasteiger partial charge in [-0.05, 0) is 250 Å². The number of para-hydroxylation sites is 1. The molecule has 5 aromatic heterocycles. The number of fused-ring (bicyclic) bond motifs is 4. The minimum atomic E-state index is -2.62. The molecule has 5 aromatic carbocycles. The van der Waals surface area contributed by atoms with E-state index < -0.39 is 12.0 Å².